The van der Waals surface area contributed by atoms with Crippen molar-refractivity contribution in [3.05, 3.63) is 0 Å². The lowest BCUT2D eigenvalue weighted by atomic mass is 10.1. The number of nitrogens with two attached hydrogens (primary N) is 1. The summed E-state index contributed by atoms with van der Waals surface area (Å²) in [7, 11) is -3.09. The van der Waals surface area contributed by atoms with E-state index in [2.05, 4.69) is 13.8 Å². The second-order valence-electron chi connectivity index (χ2n) is 3.92. The molecule has 0 aromatic carbocycles. The first-order chi connectivity index (χ1) is 6.97. The summed E-state index contributed by atoms with van der Waals surface area (Å²) in [5, 5.41) is 0. The Labute approximate surface area is 93.9 Å². The molecule has 0 radical (unpaired) electrons. The van der Waals surface area contributed by atoms with Crippen LogP contribution in [0.25, 0.3) is 0 Å². The molecule has 0 heterocycles. The van der Waals surface area contributed by atoms with E-state index in [1.54, 1.807) is 4.31 Å². The number of hydrogen-bond donors (Lipinski definition) is 1. The van der Waals surface area contributed by atoms with E-state index in [9.17, 15) is 8.42 Å². The lowest BCUT2D eigenvalue weighted by molar-refractivity contribution is 0.361. The number of rotatable bonds is 8. The quantitative estimate of drug-likeness (QED) is 0.684. The lowest BCUT2D eigenvalue weighted by Gasteiger charge is -2.23. The molecule has 1 unspecified atom stereocenters. The Morgan fingerprint density at radius 3 is 2.33 bits per heavy atom. The highest BCUT2D eigenvalue weighted by Gasteiger charge is 2.20. The van der Waals surface area contributed by atoms with Crippen molar-refractivity contribution in [1.29, 1.82) is 0 Å². The molecule has 0 aliphatic carbocycles. The number of hydrogen-bond acceptors (Lipinski definition) is 3. The Kier molecular flexibility index (Phi) is 7.13. The monoisotopic (exact) mass is 236 g/mol. The zero-order valence-electron chi connectivity index (χ0n) is 10.1. The molecular weight excluding hydrogens is 212 g/mol. The number of nitrogens with zero attached hydrogens (tertiary/aromatic N) is 1. The van der Waals surface area contributed by atoms with Crippen molar-refractivity contribution >= 4 is 10.0 Å². The van der Waals surface area contributed by atoms with Crippen LogP contribution in [0.5, 0.6) is 0 Å². The third kappa shape index (κ3) is 5.49. The highest BCUT2D eigenvalue weighted by atomic mass is 32.2. The fourth-order valence-corrected chi connectivity index (χ4v) is 2.98. The van der Waals surface area contributed by atoms with E-state index in [0.717, 1.165) is 6.42 Å². The predicted molar refractivity (Wildman–Crippen MR) is 64.2 cm³/mol. The summed E-state index contributed by atoms with van der Waals surface area (Å²) in [6.45, 7) is 7.63. The molecule has 0 aromatic rings. The smallest absolute Gasteiger partial charge is 0.214 e. The minimum Gasteiger partial charge on any atom is -0.330 e. The van der Waals surface area contributed by atoms with Gasteiger partial charge in [-0.15, -0.1) is 0 Å². The molecule has 0 aliphatic rings. The summed E-state index contributed by atoms with van der Waals surface area (Å²) in [6.07, 6.45) is 1.54. The van der Waals surface area contributed by atoms with Crippen molar-refractivity contribution in [2.24, 2.45) is 11.7 Å². The van der Waals surface area contributed by atoms with Crippen LogP contribution in [0.3, 0.4) is 0 Å². The largest absolute Gasteiger partial charge is 0.330 e. The van der Waals surface area contributed by atoms with Crippen molar-refractivity contribution in [2.75, 3.05) is 25.4 Å². The average molecular weight is 236 g/mol. The van der Waals surface area contributed by atoms with Crippen LogP contribution in [0.4, 0.5) is 0 Å². The van der Waals surface area contributed by atoms with E-state index >= 15 is 0 Å². The van der Waals surface area contributed by atoms with Crippen molar-refractivity contribution in [3.8, 4) is 0 Å². The van der Waals surface area contributed by atoms with Crippen LogP contribution in [0.2, 0.25) is 0 Å². The van der Waals surface area contributed by atoms with E-state index in [-0.39, 0.29) is 5.75 Å². The van der Waals surface area contributed by atoms with E-state index in [1.807, 2.05) is 6.92 Å². The summed E-state index contributed by atoms with van der Waals surface area (Å²) >= 11 is 0. The molecule has 0 rings (SSSR count). The van der Waals surface area contributed by atoms with Crippen LogP contribution in [-0.4, -0.2) is 38.1 Å². The molecule has 0 saturated heterocycles. The maximum absolute atomic E-state index is 11.8. The van der Waals surface area contributed by atoms with Gasteiger partial charge in [0.25, 0.3) is 0 Å². The van der Waals surface area contributed by atoms with Crippen LogP contribution in [0, 0.1) is 5.92 Å². The topological polar surface area (TPSA) is 63.4 Å². The van der Waals surface area contributed by atoms with Crippen molar-refractivity contribution < 1.29 is 8.42 Å². The fraction of sp³-hybridized carbons (Fsp3) is 1.00. The summed E-state index contributed by atoms with van der Waals surface area (Å²) in [6, 6.07) is 0. The normalized spacial score (nSPS) is 14.5. The Bertz CT molecular complexity index is 252. The first-order valence-electron chi connectivity index (χ1n) is 5.65. The van der Waals surface area contributed by atoms with Crippen LogP contribution >= 0.6 is 0 Å². The minimum atomic E-state index is -3.09. The highest BCUT2D eigenvalue weighted by molar-refractivity contribution is 7.89. The highest BCUT2D eigenvalue weighted by Crippen LogP contribution is 2.09. The maximum atomic E-state index is 11.8. The maximum Gasteiger partial charge on any atom is 0.214 e. The van der Waals surface area contributed by atoms with Crippen molar-refractivity contribution in [3.63, 3.8) is 0 Å². The van der Waals surface area contributed by atoms with Gasteiger partial charge in [-0.05, 0) is 18.9 Å². The van der Waals surface area contributed by atoms with Crippen LogP contribution < -0.4 is 5.73 Å². The van der Waals surface area contributed by atoms with Gasteiger partial charge in [0.2, 0.25) is 10.0 Å². The molecule has 92 valence electrons. The molecule has 0 bridgehead atoms. The minimum absolute atomic E-state index is 0.174. The predicted octanol–water partition coefficient (Wildman–Crippen LogP) is 1.03. The zero-order valence-corrected chi connectivity index (χ0v) is 10.9. The van der Waals surface area contributed by atoms with Gasteiger partial charge in [-0.25, -0.2) is 12.7 Å². The molecule has 15 heavy (non-hydrogen) atoms. The molecule has 5 heteroatoms. The molecule has 2 N–H and O–H groups in total. The lowest BCUT2D eigenvalue weighted by Crippen LogP contribution is -2.36. The van der Waals surface area contributed by atoms with Gasteiger partial charge in [-0.3, -0.25) is 0 Å². The van der Waals surface area contributed by atoms with Crippen molar-refractivity contribution in [2.45, 2.75) is 33.6 Å². The Balaban J connectivity index is 4.37. The van der Waals surface area contributed by atoms with Gasteiger partial charge in [-0.1, -0.05) is 27.2 Å². The SMILES string of the molecule is CCC(C)CN(CC)S(=O)(=O)CCCN. The zero-order chi connectivity index (χ0) is 11.9. The van der Waals surface area contributed by atoms with Gasteiger partial charge in [0.1, 0.15) is 0 Å². The molecule has 0 amide bonds. The second kappa shape index (κ2) is 7.19. The molecule has 0 spiro atoms. The van der Waals surface area contributed by atoms with Gasteiger partial charge in [0, 0.05) is 13.1 Å². The molecule has 0 aliphatic heterocycles. The van der Waals surface area contributed by atoms with Crippen LogP contribution in [0.1, 0.15) is 33.6 Å². The Morgan fingerprint density at radius 1 is 1.33 bits per heavy atom. The molecular formula is C10H24N2O2S. The Hall–Kier alpha value is -0.130. The summed E-state index contributed by atoms with van der Waals surface area (Å²) in [5.41, 5.74) is 5.32. The molecule has 4 nitrogen and oxygen atoms in total. The fourth-order valence-electron chi connectivity index (χ4n) is 1.31. The van der Waals surface area contributed by atoms with Gasteiger partial charge in [0.15, 0.2) is 0 Å². The van der Waals surface area contributed by atoms with Crippen molar-refractivity contribution in [1.82, 2.24) is 4.31 Å². The Morgan fingerprint density at radius 2 is 1.93 bits per heavy atom. The van der Waals surface area contributed by atoms with Crippen LogP contribution in [-0.2, 0) is 10.0 Å². The van der Waals surface area contributed by atoms with Gasteiger partial charge < -0.3 is 5.73 Å². The van der Waals surface area contributed by atoms with Gasteiger partial charge in [-0.2, -0.15) is 0 Å². The second-order valence-corrected chi connectivity index (χ2v) is 6.01. The third-order valence-electron chi connectivity index (χ3n) is 2.56. The molecule has 0 saturated carbocycles. The van der Waals surface area contributed by atoms with E-state index < -0.39 is 10.0 Å². The summed E-state index contributed by atoms with van der Waals surface area (Å²) in [5.74, 6) is 0.589. The van der Waals surface area contributed by atoms with E-state index in [0.29, 0.717) is 32.0 Å². The van der Waals surface area contributed by atoms with E-state index in [1.165, 1.54) is 0 Å². The standard InChI is InChI=1S/C10H24N2O2S/c1-4-10(3)9-12(5-2)15(13,14)8-6-7-11/h10H,4-9,11H2,1-3H3. The van der Waals surface area contributed by atoms with Gasteiger partial charge in [0.05, 0.1) is 5.75 Å². The summed E-state index contributed by atoms with van der Waals surface area (Å²) in [4.78, 5) is 0. The van der Waals surface area contributed by atoms with E-state index in [4.69, 9.17) is 5.73 Å². The molecule has 0 fully saturated rings. The average Bonchev–Trinajstić information content (AvgIpc) is 2.22. The summed E-state index contributed by atoms with van der Waals surface area (Å²) < 4.78 is 25.3. The first-order valence-corrected chi connectivity index (χ1v) is 7.26. The van der Waals surface area contributed by atoms with Crippen LogP contribution in [0.15, 0.2) is 0 Å². The third-order valence-corrected chi connectivity index (χ3v) is 4.56. The molecule has 0 aromatic heterocycles. The number of sulfonamides is 1. The first kappa shape index (κ1) is 14.9. The molecule has 1 atom stereocenters. The van der Waals surface area contributed by atoms with Gasteiger partial charge >= 0.3 is 0 Å².